The second kappa shape index (κ2) is 7.15. The van der Waals surface area contributed by atoms with Crippen LogP contribution in [-0.2, 0) is 17.0 Å². The van der Waals surface area contributed by atoms with Crippen molar-refractivity contribution in [2.75, 3.05) is 7.11 Å². The molecule has 7 heteroatoms. The van der Waals surface area contributed by atoms with Gasteiger partial charge in [-0.05, 0) is 18.2 Å². The van der Waals surface area contributed by atoms with Crippen molar-refractivity contribution in [3.05, 3.63) is 66.1 Å². The highest BCUT2D eigenvalue weighted by Crippen LogP contribution is 2.24. The van der Waals surface area contributed by atoms with E-state index in [4.69, 9.17) is 9.15 Å². The number of ether oxygens (including phenoxy) is 1. The Labute approximate surface area is 137 Å². The van der Waals surface area contributed by atoms with E-state index in [1.54, 1.807) is 18.5 Å². The van der Waals surface area contributed by atoms with Crippen LogP contribution in [0.4, 0.5) is 0 Å². The highest BCUT2D eigenvalue weighted by atomic mass is 32.2. The number of carbonyl (C=O) groups is 1. The molecule has 0 saturated carbocycles. The fraction of sp³-hybridized carbons (Fsp3) is 0.188. The van der Waals surface area contributed by atoms with Gasteiger partial charge in [-0.2, -0.15) is 0 Å². The molecule has 0 bridgehead atoms. The number of aromatic nitrogens is 3. The monoisotopic (exact) mass is 329 g/mol. The van der Waals surface area contributed by atoms with Crippen molar-refractivity contribution in [2.24, 2.45) is 0 Å². The van der Waals surface area contributed by atoms with Crippen LogP contribution >= 0.6 is 11.8 Å². The molecule has 23 heavy (non-hydrogen) atoms. The Morgan fingerprint density at radius 3 is 3.00 bits per heavy atom. The van der Waals surface area contributed by atoms with Crippen LogP contribution in [0.15, 0.2) is 58.7 Å². The van der Waals surface area contributed by atoms with E-state index in [1.807, 2.05) is 29.0 Å². The molecule has 0 aliphatic carbocycles. The summed E-state index contributed by atoms with van der Waals surface area (Å²) in [7, 11) is 1.35. The van der Waals surface area contributed by atoms with E-state index in [2.05, 4.69) is 9.97 Å². The molecule has 0 aliphatic heterocycles. The maximum Gasteiger partial charge on any atom is 0.341 e. The van der Waals surface area contributed by atoms with Crippen molar-refractivity contribution in [3.63, 3.8) is 0 Å². The Hall–Kier alpha value is -2.54. The summed E-state index contributed by atoms with van der Waals surface area (Å²) in [6.45, 7) is 0.644. The molecule has 3 rings (SSSR count). The minimum atomic E-state index is -0.397. The molecule has 6 nitrogen and oxygen atoms in total. The molecule has 0 aromatic carbocycles. The lowest BCUT2D eigenvalue weighted by atomic mass is 10.3. The first-order valence-corrected chi connectivity index (χ1v) is 7.95. The quantitative estimate of drug-likeness (QED) is 0.511. The lowest BCUT2D eigenvalue weighted by Gasteiger charge is -2.06. The van der Waals surface area contributed by atoms with Crippen LogP contribution < -0.4 is 0 Å². The zero-order chi connectivity index (χ0) is 16.1. The van der Waals surface area contributed by atoms with Gasteiger partial charge in [-0.1, -0.05) is 17.8 Å². The Kier molecular flexibility index (Phi) is 4.77. The number of methoxy groups -OCH3 is 1. The summed E-state index contributed by atoms with van der Waals surface area (Å²) in [6, 6.07) is 7.42. The second-order valence-electron chi connectivity index (χ2n) is 4.70. The first-order valence-electron chi connectivity index (χ1n) is 6.96. The van der Waals surface area contributed by atoms with E-state index in [0.717, 1.165) is 10.9 Å². The number of imidazole rings is 1. The molecule has 0 spiro atoms. The van der Waals surface area contributed by atoms with Crippen LogP contribution in [0.2, 0.25) is 0 Å². The van der Waals surface area contributed by atoms with Gasteiger partial charge in [-0.25, -0.2) is 9.78 Å². The third-order valence-electron chi connectivity index (χ3n) is 3.22. The van der Waals surface area contributed by atoms with Crippen LogP contribution in [0, 0.1) is 0 Å². The standard InChI is InChI=1S/C16H15N3O3S/c1-21-15(20)13-5-9-22-14(13)11-23-16-18-7-8-19(16)10-12-4-2-3-6-17-12/h2-9H,10-11H2,1H3. The van der Waals surface area contributed by atoms with E-state index >= 15 is 0 Å². The van der Waals surface area contributed by atoms with Crippen molar-refractivity contribution in [3.8, 4) is 0 Å². The van der Waals surface area contributed by atoms with Crippen molar-refractivity contribution in [1.29, 1.82) is 0 Å². The topological polar surface area (TPSA) is 70.2 Å². The van der Waals surface area contributed by atoms with Gasteiger partial charge < -0.3 is 13.7 Å². The number of nitrogens with zero attached hydrogens (tertiary/aromatic N) is 3. The average molecular weight is 329 g/mol. The number of carbonyl (C=O) groups excluding carboxylic acids is 1. The molecule has 0 aliphatic rings. The Balaban J connectivity index is 1.69. The molecule has 0 atom stereocenters. The van der Waals surface area contributed by atoms with Gasteiger partial charge in [-0.15, -0.1) is 0 Å². The third kappa shape index (κ3) is 3.62. The largest absolute Gasteiger partial charge is 0.468 e. The van der Waals surface area contributed by atoms with E-state index in [1.165, 1.54) is 25.1 Å². The van der Waals surface area contributed by atoms with E-state index in [-0.39, 0.29) is 0 Å². The normalized spacial score (nSPS) is 10.7. The Bertz CT molecular complexity index is 783. The number of rotatable bonds is 6. The molecule has 0 radical (unpaired) electrons. The number of hydrogen-bond donors (Lipinski definition) is 0. The van der Waals surface area contributed by atoms with Gasteiger partial charge in [0.25, 0.3) is 0 Å². The molecule has 0 saturated heterocycles. The van der Waals surface area contributed by atoms with Gasteiger partial charge in [0.05, 0.1) is 31.4 Å². The van der Waals surface area contributed by atoms with Crippen LogP contribution in [0.5, 0.6) is 0 Å². The summed E-state index contributed by atoms with van der Waals surface area (Å²) >= 11 is 1.50. The van der Waals surface area contributed by atoms with Crippen molar-refractivity contribution < 1.29 is 13.9 Å². The minimum absolute atomic E-state index is 0.397. The summed E-state index contributed by atoms with van der Waals surface area (Å²) < 4.78 is 12.1. The molecule has 3 aromatic rings. The third-order valence-corrected chi connectivity index (χ3v) is 4.22. The van der Waals surface area contributed by atoms with Gasteiger partial charge >= 0.3 is 5.97 Å². The summed E-state index contributed by atoms with van der Waals surface area (Å²) in [5.41, 5.74) is 1.41. The van der Waals surface area contributed by atoms with Crippen LogP contribution in [0.3, 0.4) is 0 Å². The van der Waals surface area contributed by atoms with E-state index in [0.29, 0.717) is 23.6 Å². The number of furan rings is 1. The predicted octanol–water partition coefficient (Wildman–Crippen LogP) is 3.00. The molecule has 3 heterocycles. The van der Waals surface area contributed by atoms with Crippen molar-refractivity contribution in [1.82, 2.24) is 14.5 Å². The maximum atomic E-state index is 11.6. The number of esters is 1. The highest BCUT2D eigenvalue weighted by Gasteiger charge is 2.16. The van der Waals surface area contributed by atoms with Gasteiger partial charge in [0.15, 0.2) is 5.16 Å². The lowest BCUT2D eigenvalue weighted by Crippen LogP contribution is -2.04. The highest BCUT2D eigenvalue weighted by molar-refractivity contribution is 7.98. The number of thioether (sulfide) groups is 1. The van der Waals surface area contributed by atoms with Crippen LogP contribution in [0.1, 0.15) is 21.8 Å². The summed E-state index contributed by atoms with van der Waals surface area (Å²) in [4.78, 5) is 20.3. The molecular weight excluding hydrogens is 314 g/mol. The summed E-state index contributed by atoms with van der Waals surface area (Å²) in [6.07, 6.45) is 6.90. The first-order chi connectivity index (χ1) is 11.3. The van der Waals surface area contributed by atoms with Gasteiger partial charge in [0, 0.05) is 18.6 Å². The smallest absolute Gasteiger partial charge is 0.341 e. The lowest BCUT2D eigenvalue weighted by molar-refractivity contribution is 0.0598. The molecular formula is C16H15N3O3S. The zero-order valence-electron chi connectivity index (χ0n) is 12.5. The van der Waals surface area contributed by atoms with Crippen LogP contribution in [0.25, 0.3) is 0 Å². The van der Waals surface area contributed by atoms with Gasteiger partial charge in [-0.3, -0.25) is 4.98 Å². The van der Waals surface area contributed by atoms with E-state index in [9.17, 15) is 4.79 Å². The molecule has 0 N–H and O–H groups in total. The van der Waals surface area contributed by atoms with Gasteiger partial charge in [0.2, 0.25) is 0 Å². The van der Waals surface area contributed by atoms with E-state index < -0.39 is 5.97 Å². The number of hydrogen-bond acceptors (Lipinski definition) is 6. The molecule has 0 fully saturated rings. The molecule has 118 valence electrons. The summed E-state index contributed by atoms with van der Waals surface area (Å²) in [5, 5.41) is 0.836. The Morgan fingerprint density at radius 1 is 1.30 bits per heavy atom. The fourth-order valence-corrected chi connectivity index (χ4v) is 3.01. The fourth-order valence-electron chi connectivity index (χ4n) is 2.10. The zero-order valence-corrected chi connectivity index (χ0v) is 13.3. The maximum absolute atomic E-state index is 11.6. The average Bonchev–Trinajstić information content (AvgIpc) is 3.22. The predicted molar refractivity (Wildman–Crippen MR) is 85.2 cm³/mol. The molecule has 0 unspecified atom stereocenters. The minimum Gasteiger partial charge on any atom is -0.468 e. The van der Waals surface area contributed by atoms with Crippen LogP contribution in [-0.4, -0.2) is 27.6 Å². The Morgan fingerprint density at radius 2 is 2.22 bits per heavy atom. The van der Waals surface area contributed by atoms with Crippen molar-refractivity contribution >= 4 is 17.7 Å². The number of pyridine rings is 1. The summed E-state index contributed by atoms with van der Waals surface area (Å²) in [5.74, 6) is 0.678. The first kappa shape index (κ1) is 15.4. The van der Waals surface area contributed by atoms with Crippen molar-refractivity contribution in [2.45, 2.75) is 17.5 Å². The SMILES string of the molecule is COC(=O)c1ccoc1CSc1nccn1Cc1ccccn1. The molecule has 3 aromatic heterocycles. The second-order valence-corrected chi connectivity index (χ2v) is 5.64. The van der Waals surface area contributed by atoms with Gasteiger partial charge in [0.1, 0.15) is 11.3 Å². The molecule has 0 amide bonds.